The van der Waals surface area contributed by atoms with Gasteiger partial charge in [0.25, 0.3) is 0 Å². The second-order valence-electron chi connectivity index (χ2n) is 13.1. The van der Waals surface area contributed by atoms with Crippen molar-refractivity contribution in [1.82, 2.24) is 0 Å². The Balaban J connectivity index is 1.28. The van der Waals surface area contributed by atoms with Gasteiger partial charge in [0.1, 0.15) is 22.3 Å². The smallest absolute Gasteiger partial charge is 0.144 e. The lowest BCUT2D eigenvalue weighted by Crippen LogP contribution is -2.06. The lowest BCUT2D eigenvalue weighted by atomic mass is 9.79. The van der Waals surface area contributed by atoms with Crippen LogP contribution in [0.3, 0.4) is 0 Å². The van der Waals surface area contributed by atoms with Gasteiger partial charge in [0.2, 0.25) is 0 Å². The number of hydrogen-bond donors (Lipinski definition) is 0. The Labute approximate surface area is 276 Å². The van der Waals surface area contributed by atoms with Crippen molar-refractivity contribution in [3.05, 3.63) is 157 Å². The summed E-state index contributed by atoms with van der Waals surface area (Å²) in [6.45, 7) is 0. The predicted molar refractivity (Wildman–Crippen MR) is 200 cm³/mol. The minimum Gasteiger partial charge on any atom is -0.455 e. The van der Waals surface area contributed by atoms with Crippen molar-refractivity contribution in [2.24, 2.45) is 0 Å². The van der Waals surface area contributed by atoms with E-state index in [9.17, 15) is 0 Å². The van der Waals surface area contributed by atoms with Gasteiger partial charge in [-0.25, -0.2) is 0 Å². The Morgan fingerprint density at radius 3 is 1.79 bits per heavy atom. The molecule has 0 N–H and O–H groups in total. The summed E-state index contributed by atoms with van der Waals surface area (Å²) < 4.78 is 13.8. The fourth-order valence-electron chi connectivity index (χ4n) is 8.38. The summed E-state index contributed by atoms with van der Waals surface area (Å²) in [5, 5.41) is 9.60. The van der Waals surface area contributed by atoms with Gasteiger partial charge in [0.05, 0.1) is 0 Å². The first-order chi connectivity index (χ1) is 23.8. The average Bonchev–Trinajstić information content (AvgIpc) is 3.73. The van der Waals surface area contributed by atoms with E-state index in [1.807, 2.05) is 0 Å². The molecule has 1 aliphatic carbocycles. The van der Waals surface area contributed by atoms with Crippen LogP contribution in [0.4, 0.5) is 0 Å². The molecular formula is C46H28O2. The molecule has 224 valence electrons. The van der Waals surface area contributed by atoms with Crippen LogP contribution in [-0.2, 0) is 12.8 Å². The minimum atomic E-state index is 0.906. The monoisotopic (exact) mass is 612 g/mol. The molecule has 2 heteroatoms. The van der Waals surface area contributed by atoms with Crippen LogP contribution in [0.2, 0.25) is 0 Å². The van der Waals surface area contributed by atoms with E-state index in [2.05, 4.69) is 146 Å². The highest BCUT2D eigenvalue weighted by Crippen LogP contribution is 2.52. The van der Waals surface area contributed by atoms with Gasteiger partial charge >= 0.3 is 0 Å². The number of furan rings is 2. The van der Waals surface area contributed by atoms with Crippen molar-refractivity contribution in [3.8, 4) is 33.4 Å². The minimum absolute atomic E-state index is 0.906. The number of hydrogen-bond acceptors (Lipinski definition) is 2. The molecule has 2 nitrogen and oxygen atoms in total. The summed E-state index contributed by atoms with van der Waals surface area (Å²) >= 11 is 0. The standard InChI is InChI=1S/C46H28O2/c1-2-12-29-24-30(21-20-27(29)10-1)37-25-31-22-23-32-26-38(34-17-9-13-28-11-3-4-14-33(28)34)43-35-15-5-7-18-39(35)48-46(43)42(32)41(31)44-36-16-6-8-19-40(36)47-45(37)44/h1-21,24-26H,22-23H2. The Morgan fingerprint density at radius 1 is 0.375 bits per heavy atom. The van der Waals surface area contributed by atoms with Gasteiger partial charge in [-0.1, -0.05) is 115 Å². The highest BCUT2D eigenvalue weighted by Gasteiger charge is 2.30. The van der Waals surface area contributed by atoms with Gasteiger partial charge in [-0.05, 0) is 92.5 Å². The third-order valence-electron chi connectivity index (χ3n) is 10.5. The van der Waals surface area contributed by atoms with Crippen molar-refractivity contribution < 1.29 is 8.83 Å². The number of rotatable bonds is 2. The molecule has 0 saturated heterocycles. The van der Waals surface area contributed by atoms with Crippen molar-refractivity contribution in [1.29, 1.82) is 0 Å². The first kappa shape index (κ1) is 26.0. The number of fused-ring (bicyclic) bond motifs is 13. The van der Waals surface area contributed by atoms with E-state index in [4.69, 9.17) is 8.83 Å². The van der Waals surface area contributed by atoms with Gasteiger partial charge in [0.15, 0.2) is 0 Å². The largest absolute Gasteiger partial charge is 0.455 e. The van der Waals surface area contributed by atoms with Crippen LogP contribution in [0.5, 0.6) is 0 Å². The molecule has 0 bridgehead atoms. The van der Waals surface area contributed by atoms with E-state index < -0.39 is 0 Å². The molecule has 0 amide bonds. The van der Waals surface area contributed by atoms with Crippen molar-refractivity contribution in [3.63, 3.8) is 0 Å². The second-order valence-corrected chi connectivity index (χ2v) is 13.1. The molecular weight excluding hydrogens is 585 g/mol. The molecule has 1 aliphatic rings. The molecule has 11 rings (SSSR count). The molecule has 0 aliphatic heterocycles. The summed E-state index contributed by atoms with van der Waals surface area (Å²) in [5.41, 5.74) is 13.6. The van der Waals surface area contributed by atoms with Gasteiger partial charge in [-0.15, -0.1) is 0 Å². The summed E-state index contributed by atoms with van der Waals surface area (Å²) in [7, 11) is 0. The Hall–Kier alpha value is -6.12. The predicted octanol–water partition coefficient (Wildman–Crippen LogP) is 12.9. The third-order valence-corrected chi connectivity index (χ3v) is 10.5. The van der Waals surface area contributed by atoms with Gasteiger partial charge in [-0.3, -0.25) is 0 Å². The molecule has 0 radical (unpaired) electrons. The van der Waals surface area contributed by atoms with Crippen LogP contribution in [0, 0.1) is 0 Å². The quantitative estimate of drug-likeness (QED) is 0.194. The van der Waals surface area contributed by atoms with Gasteiger partial charge < -0.3 is 8.83 Å². The van der Waals surface area contributed by atoms with E-state index in [0.717, 1.165) is 51.5 Å². The van der Waals surface area contributed by atoms with Crippen LogP contribution in [0.1, 0.15) is 11.1 Å². The highest BCUT2D eigenvalue weighted by molar-refractivity contribution is 6.24. The first-order valence-electron chi connectivity index (χ1n) is 16.7. The summed E-state index contributed by atoms with van der Waals surface area (Å²) in [6, 6.07) is 52.5. The third kappa shape index (κ3) is 3.57. The Morgan fingerprint density at radius 2 is 0.979 bits per heavy atom. The average molecular weight is 613 g/mol. The molecule has 2 heterocycles. The van der Waals surface area contributed by atoms with Crippen LogP contribution >= 0.6 is 0 Å². The molecule has 0 atom stereocenters. The molecule has 0 fully saturated rings. The van der Waals surface area contributed by atoms with E-state index in [0.29, 0.717) is 0 Å². The summed E-state index contributed by atoms with van der Waals surface area (Å²) in [6.07, 6.45) is 1.88. The van der Waals surface area contributed by atoms with Gasteiger partial charge in [0, 0.05) is 38.2 Å². The zero-order chi connectivity index (χ0) is 31.3. The van der Waals surface area contributed by atoms with Crippen LogP contribution in [0.15, 0.2) is 154 Å². The molecule has 48 heavy (non-hydrogen) atoms. The van der Waals surface area contributed by atoms with Crippen LogP contribution < -0.4 is 0 Å². The topological polar surface area (TPSA) is 26.3 Å². The molecule has 0 spiro atoms. The van der Waals surface area contributed by atoms with Crippen molar-refractivity contribution in [2.45, 2.75) is 12.8 Å². The molecule has 0 saturated carbocycles. The highest BCUT2D eigenvalue weighted by atomic mass is 16.3. The molecule has 8 aromatic carbocycles. The maximum atomic E-state index is 6.95. The first-order valence-corrected chi connectivity index (χ1v) is 16.7. The fourth-order valence-corrected chi connectivity index (χ4v) is 8.38. The maximum absolute atomic E-state index is 6.95. The van der Waals surface area contributed by atoms with Crippen molar-refractivity contribution >= 4 is 65.4 Å². The molecule has 2 aromatic heterocycles. The second kappa shape index (κ2) is 9.70. The molecule has 10 aromatic rings. The number of aryl methyl sites for hydroxylation is 2. The summed E-state index contributed by atoms with van der Waals surface area (Å²) in [5.74, 6) is 0. The lowest BCUT2D eigenvalue weighted by Gasteiger charge is -2.24. The van der Waals surface area contributed by atoms with E-state index in [-0.39, 0.29) is 0 Å². The van der Waals surface area contributed by atoms with Crippen LogP contribution in [-0.4, -0.2) is 0 Å². The Bertz CT molecular complexity index is 2950. The SMILES string of the molecule is c1ccc2cc(-c3cc4c(c5c3oc3ccccc35)-c3c(cc(-c5cccc6ccccc56)c5c3oc3ccccc35)CC4)ccc2c1. The lowest BCUT2D eigenvalue weighted by molar-refractivity contribution is 0.668. The van der Waals surface area contributed by atoms with E-state index in [1.54, 1.807) is 0 Å². The maximum Gasteiger partial charge on any atom is 0.144 e. The normalized spacial score (nSPS) is 12.8. The zero-order valence-electron chi connectivity index (χ0n) is 26.1. The summed E-state index contributed by atoms with van der Waals surface area (Å²) in [4.78, 5) is 0. The number of benzene rings is 8. The van der Waals surface area contributed by atoms with Crippen LogP contribution in [0.25, 0.3) is 98.8 Å². The Kier molecular flexibility index (Phi) is 5.25. The molecule has 0 unspecified atom stereocenters. The van der Waals surface area contributed by atoms with E-state index in [1.165, 1.54) is 71.3 Å². The van der Waals surface area contributed by atoms with Crippen molar-refractivity contribution in [2.75, 3.05) is 0 Å². The fraction of sp³-hybridized carbons (Fsp3) is 0.0435. The zero-order valence-corrected chi connectivity index (χ0v) is 26.1. The van der Waals surface area contributed by atoms with E-state index >= 15 is 0 Å². The van der Waals surface area contributed by atoms with Gasteiger partial charge in [-0.2, -0.15) is 0 Å². The number of para-hydroxylation sites is 2.